The number of hydrogen-bond donors (Lipinski definition) is 4. The van der Waals surface area contributed by atoms with Gasteiger partial charge in [-0.15, -0.1) is 23.7 Å². The van der Waals surface area contributed by atoms with E-state index in [2.05, 4.69) is 15.3 Å². The van der Waals surface area contributed by atoms with Crippen molar-refractivity contribution in [2.45, 2.75) is 32.4 Å². The van der Waals surface area contributed by atoms with Crippen molar-refractivity contribution in [3.63, 3.8) is 0 Å². The van der Waals surface area contributed by atoms with E-state index >= 15 is 0 Å². The van der Waals surface area contributed by atoms with Crippen LogP contribution >= 0.6 is 23.7 Å². The fraction of sp³-hybridized carbons (Fsp3) is 0.300. The van der Waals surface area contributed by atoms with E-state index in [4.69, 9.17) is 5.11 Å². The van der Waals surface area contributed by atoms with Crippen molar-refractivity contribution >= 4 is 56.6 Å². The predicted octanol–water partition coefficient (Wildman–Crippen LogP) is 3.08. The Balaban J connectivity index is 0.00000341. The van der Waals surface area contributed by atoms with Crippen LogP contribution in [0.5, 0.6) is 0 Å². The van der Waals surface area contributed by atoms with Gasteiger partial charge in [0.1, 0.15) is 11.9 Å². The molecule has 0 amide bonds. The van der Waals surface area contributed by atoms with E-state index in [-0.39, 0.29) is 30.8 Å². The lowest BCUT2D eigenvalue weighted by Gasteiger charge is -2.17. The molecule has 0 aliphatic heterocycles. The Morgan fingerprint density at radius 2 is 2.00 bits per heavy atom. The van der Waals surface area contributed by atoms with Gasteiger partial charge in [-0.2, -0.15) is 0 Å². The number of aryl methyl sites for hydroxylation is 1. The van der Waals surface area contributed by atoms with Gasteiger partial charge in [0.2, 0.25) is 0 Å². The molecule has 166 valence electrons. The van der Waals surface area contributed by atoms with Crippen LogP contribution in [0.2, 0.25) is 0 Å². The second-order valence-corrected chi connectivity index (χ2v) is 8.03. The Labute approximate surface area is 188 Å². The highest BCUT2D eigenvalue weighted by Crippen LogP contribution is 2.31. The van der Waals surface area contributed by atoms with Crippen LogP contribution in [0.15, 0.2) is 35.1 Å². The predicted molar refractivity (Wildman–Crippen MR) is 123 cm³/mol. The van der Waals surface area contributed by atoms with E-state index in [9.17, 15) is 19.5 Å². The number of halogens is 1. The highest BCUT2D eigenvalue weighted by molar-refractivity contribution is 7.20. The Morgan fingerprint density at radius 3 is 2.68 bits per heavy atom. The third kappa shape index (κ3) is 6.19. The molecule has 2 aromatic heterocycles. The van der Waals surface area contributed by atoms with Gasteiger partial charge in [-0.1, -0.05) is 6.07 Å². The molecule has 1 unspecified atom stereocenters. The van der Waals surface area contributed by atoms with Gasteiger partial charge in [-0.05, 0) is 43.2 Å². The molecule has 11 heteroatoms. The van der Waals surface area contributed by atoms with Crippen LogP contribution in [-0.2, 0) is 16.1 Å². The lowest BCUT2D eigenvalue weighted by atomic mass is 10.1. The minimum atomic E-state index is -1.09. The van der Waals surface area contributed by atoms with Gasteiger partial charge < -0.3 is 25.4 Å². The SMILES string of the molecule is Cc1nc2ccc(CN(C)c3ccc(NC(CCC(=O)O)C(=O)O)s3)cc2c(=O)[nH]1.Cl. The van der Waals surface area contributed by atoms with Crippen molar-refractivity contribution < 1.29 is 19.8 Å². The van der Waals surface area contributed by atoms with Crippen LogP contribution in [-0.4, -0.2) is 45.2 Å². The van der Waals surface area contributed by atoms with Gasteiger partial charge in [0, 0.05) is 20.0 Å². The first-order valence-electron chi connectivity index (χ1n) is 9.24. The van der Waals surface area contributed by atoms with Crippen molar-refractivity contribution in [3.8, 4) is 0 Å². The second-order valence-electron chi connectivity index (χ2n) is 6.96. The first kappa shape index (κ1) is 24.2. The number of H-pyrrole nitrogens is 1. The number of fused-ring (bicyclic) bond motifs is 1. The van der Waals surface area contributed by atoms with Gasteiger partial charge in [0.15, 0.2) is 0 Å². The summed E-state index contributed by atoms with van der Waals surface area (Å²) in [4.78, 5) is 43.3. The third-order valence-electron chi connectivity index (χ3n) is 4.54. The monoisotopic (exact) mass is 466 g/mol. The Morgan fingerprint density at radius 1 is 1.26 bits per heavy atom. The average Bonchev–Trinajstić information content (AvgIpc) is 3.14. The van der Waals surface area contributed by atoms with E-state index in [1.807, 2.05) is 36.2 Å². The van der Waals surface area contributed by atoms with Gasteiger partial charge in [0.25, 0.3) is 5.56 Å². The summed E-state index contributed by atoms with van der Waals surface area (Å²) < 4.78 is 0. The fourth-order valence-electron chi connectivity index (χ4n) is 3.06. The van der Waals surface area contributed by atoms with Crippen LogP contribution in [0.25, 0.3) is 10.9 Å². The van der Waals surface area contributed by atoms with Crippen molar-refractivity contribution in [1.82, 2.24) is 9.97 Å². The number of carboxylic acid groups (broad SMARTS) is 2. The summed E-state index contributed by atoms with van der Waals surface area (Å²) in [5.41, 5.74) is 1.41. The molecular weight excluding hydrogens is 444 g/mol. The number of aromatic nitrogens is 2. The molecule has 0 saturated carbocycles. The maximum Gasteiger partial charge on any atom is 0.326 e. The molecule has 0 fully saturated rings. The van der Waals surface area contributed by atoms with Gasteiger partial charge in [0.05, 0.1) is 20.9 Å². The number of aliphatic carboxylic acids is 2. The molecule has 0 radical (unpaired) electrons. The third-order valence-corrected chi connectivity index (χ3v) is 5.67. The Bertz CT molecular complexity index is 1150. The summed E-state index contributed by atoms with van der Waals surface area (Å²) in [7, 11) is 1.90. The number of carbonyl (C=O) groups is 2. The molecule has 9 nitrogen and oxygen atoms in total. The van der Waals surface area contributed by atoms with E-state index < -0.39 is 18.0 Å². The summed E-state index contributed by atoms with van der Waals surface area (Å²) in [5, 5.41) is 23.0. The zero-order valence-electron chi connectivity index (χ0n) is 16.9. The summed E-state index contributed by atoms with van der Waals surface area (Å²) in [5.74, 6) is -1.56. The molecule has 4 N–H and O–H groups in total. The summed E-state index contributed by atoms with van der Waals surface area (Å²) >= 11 is 1.37. The Kier molecular flexibility index (Phi) is 8.01. The van der Waals surface area contributed by atoms with Crippen molar-refractivity contribution in [2.75, 3.05) is 17.3 Å². The molecule has 0 bridgehead atoms. The maximum absolute atomic E-state index is 12.2. The molecule has 1 aromatic carbocycles. The number of benzene rings is 1. The number of thiophene rings is 1. The minimum absolute atomic E-state index is 0. The normalized spacial score (nSPS) is 11.5. The highest BCUT2D eigenvalue weighted by atomic mass is 35.5. The molecule has 0 spiro atoms. The van der Waals surface area contributed by atoms with E-state index in [1.165, 1.54) is 11.3 Å². The number of aromatic amines is 1. The molecule has 1 atom stereocenters. The zero-order valence-corrected chi connectivity index (χ0v) is 18.5. The van der Waals surface area contributed by atoms with E-state index in [0.717, 1.165) is 10.6 Å². The van der Waals surface area contributed by atoms with Crippen LogP contribution in [0, 0.1) is 6.92 Å². The van der Waals surface area contributed by atoms with Crippen LogP contribution in [0.3, 0.4) is 0 Å². The average molecular weight is 467 g/mol. The van der Waals surface area contributed by atoms with Gasteiger partial charge in [-0.25, -0.2) is 9.78 Å². The van der Waals surface area contributed by atoms with Crippen molar-refractivity contribution in [1.29, 1.82) is 0 Å². The topological polar surface area (TPSA) is 136 Å². The standard InChI is InChI=1S/C20H22N4O5S.ClH/c1-11-21-14-4-3-12(9-13(14)19(27)22-11)10-24(2)17-7-6-16(30-17)23-15(20(28)29)5-8-18(25)26;/h3-4,6-7,9,15,23H,5,8,10H2,1-2H3,(H,25,26)(H,28,29)(H,21,22,27);1H. The number of nitrogens with one attached hydrogen (secondary N) is 2. The second kappa shape index (κ2) is 10.3. The molecule has 31 heavy (non-hydrogen) atoms. The quantitative estimate of drug-likeness (QED) is 0.377. The molecule has 2 heterocycles. The molecule has 3 aromatic rings. The molecular formula is C20H23ClN4O5S. The number of carboxylic acids is 2. The first-order chi connectivity index (χ1) is 14.2. The van der Waals surface area contributed by atoms with Gasteiger partial charge in [-0.3, -0.25) is 9.59 Å². The largest absolute Gasteiger partial charge is 0.481 e. The zero-order chi connectivity index (χ0) is 21.8. The fourth-order valence-corrected chi connectivity index (χ4v) is 3.98. The smallest absolute Gasteiger partial charge is 0.326 e. The van der Waals surface area contributed by atoms with Crippen molar-refractivity contribution in [3.05, 3.63) is 52.1 Å². The van der Waals surface area contributed by atoms with Crippen molar-refractivity contribution in [2.24, 2.45) is 0 Å². The molecule has 3 rings (SSSR count). The number of rotatable bonds is 9. The number of nitrogens with zero attached hydrogens (tertiary/aromatic N) is 2. The lowest BCUT2D eigenvalue weighted by Crippen LogP contribution is -2.29. The van der Waals surface area contributed by atoms with Crippen LogP contribution in [0.1, 0.15) is 24.2 Å². The maximum atomic E-state index is 12.2. The van der Waals surface area contributed by atoms with Crippen LogP contribution in [0.4, 0.5) is 10.0 Å². The number of hydrogen-bond acceptors (Lipinski definition) is 7. The Hall–Kier alpha value is -3.11. The van der Waals surface area contributed by atoms with Crippen LogP contribution < -0.4 is 15.8 Å². The van der Waals surface area contributed by atoms with E-state index in [1.54, 1.807) is 13.0 Å². The minimum Gasteiger partial charge on any atom is -0.481 e. The summed E-state index contributed by atoms with van der Waals surface area (Å²) in [6.45, 7) is 2.28. The molecule has 0 aliphatic rings. The molecule has 0 saturated heterocycles. The summed E-state index contributed by atoms with van der Waals surface area (Å²) in [6, 6.07) is 8.22. The van der Waals surface area contributed by atoms with Gasteiger partial charge >= 0.3 is 11.9 Å². The highest BCUT2D eigenvalue weighted by Gasteiger charge is 2.19. The lowest BCUT2D eigenvalue weighted by molar-refractivity contribution is -0.139. The molecule has 0 aliphatic carbocycles. The number of anilines is 2. The first-order valence-corrected chi connectivity index (χ1v) is 10.1. The summed E-state index contributed by atoms with van der Waals surface area (Å²) in [6.07, 6.45) is -0.232. The van der Waals surface area contributed by atoms with E-state index in [0.29, 0.717) is 28.3 Å².